The first kappa shape index (κ1) is 14.5. The third-order valence-corrected chi connectivity index (χ3v) is 2.20. The first-order chi connectivity index (χ1) is 6.79. The molecule has 0 atom stereocenters. The molecule has 0 saturated heterocycles. The number of hydrogen-bond acceptors (Lipinski definition) is 3. The van der Waals surface area contributed by atoms with Gasteiger partial charge in [0.1, 0.15) is 5.75 Å². The summed E-state index contributed by atoms with van der Waals surface area (Å²) in [5.41, 5.74) is 1.81. The summed E-state index contributed by atoms with van der Waals surface area (Å²) < 4.78 is 5.46. The number of aliphatic hydroxyl groups excluding tert-OH is 1. The predicted molar refractivity (Wildman–Crippen MR) is 63.0 cm³/mol. The molecule has 0 spiro atoms. The zero-order chi connectivity index (χ0) is 10.4. The van der Waals surface area contributed by atoms with Gasteiger partial charge in [-0.1, -0.05) is 0 Å². The summed E-state index contributed by atoms with van der Waals surface area (Å²) in [6.07, 6.45) is 2.32. The summed E-state index contributed by atoms with van der Waals surface area (Å²) in [6, 6.07) is 1.81. The third kappa shape index (κ3) is 4.24. The highest BCUT2D eigenvalue weighted by Gasteiger charge is 2.04. The van der Waals surface area contributed by atoms with E-state index in [-0.39, 0.29) is 19.0 Å². The van der Waals surface area contributed by atoms with E-state index in [1.165, 1.54) is 0 Å². The molecule has 0 saturated carbocycles. The van der Waals surface area contributed by atoms with Crippen molar-refractivity contribution in [3.8, 4) is 5.75 Å². The molecular weight excluding hydrogens is 237 g/mol. The zero-order valence-corrected chi connectivity index (χ0v) is 10.1. The first-order valence-corrected chi connectivity index (χ1v) is 5.07. The van der Waals surface area contributed by atoms with Gasteiger partial charge >= 0.3 is 0 Å². The molecular formula is C10H15Cl2NO2. The molecule has 1 rings (SSSR count). The zero-order valence-electron chi connectivity index (χ0n) is 8.57. The standard InChI is InChI=1S/C10H14ClNO2.ClH/c1-8-9(7-11)12-4-3-10(8)14-6-2-5-13;/h3-4,13H,2,5-7H2,1H3;1H. The van der Waals surface area contributed by atoms with Gasteiger partial charge in [-0.15, -0.1) is 24.0 Å². The van der Waals surface area contributed by atoms with E-state index in [2.05, 4.69) is 4.98 Å². The fourth-order valence-electron chi connectivity index (χ4n) is 1.10. The van der Waals surface area contributed by atoms with Gasteiger partial charge in [-0.2, -0.15) is 0 Å². The molecule has 0 amide bonds. The summed E-state index contributed by atoms with van der Waals surface area (Å²) >= 11 is 5.71. The van der Waals surface area contributed by atoms with Crippen LogP contribution >= 0.6 is 24.0 Å². The van der Waals surface area contributed by atoms with Crippen LogP contribution in [-0.2, 0) is 5.88 Å². The van der Waals surface area contributed by atoms with Gasteiger partial charge in [-0.05, 0) is 13.0 Å². The van der Waals surface area contributed by atoms with Crippen molar-refractivity contribution < 1.29 is 9.84 Å². The van der Waals surface area contributed by atoms with Crippen LogP contribution in [0.15, 0.2) is 12.3 Å². The normalized spacial score (nSPS) is 9.53. The molecule has 0 aromatic carbocycles. The fraction of sp³-hybridized carbons (Fsp3) is 0.500. The van der Waals surface area contributed by atoms with Crippen LogP contribution in [0.1, 0.15) is 17.7 Å². The number of nitrogens with zero attached hydrogens (tertiary/aromatic N) is 1. The molecule has 0 fully saturated rings. The number of hydrogen-bond donors (Lipinski definition) is 1. The van der Waals surface area contributed by atoms with E-state index in [1.54, 1.807) is 6.20 Å². The minimum absolute atomic E-state index is 0. The lowest BCUT2D eigenvalue weighted by molar-refractivity contribution is 0.232. The highest BCUT2D eigenvalue weighted by atomic mass is 35.5. The molecule has 5 heteroatoms. The Morgan fingerprint density at radius 2 is 2.27 bits per heavy atom. The van der Waals surface area contributed by atoms with Gasteiger partial charge < -0.3 is 9.84 Å². The molecule has 15 heavy (non-hydrogen) atoms. The molecule has 0 bridgehead atoms. The second-order valence-electron chi connectivity index (χ2n) is 2.94. The number of aromatic nitrogens is 1. The van der Waals surface area contributed by atoms with Crippen molar-refractivity contribution in [2.75, 3.05) is 13.2 Å². The Kier molecular flexibility index (Phi) is 7.48. The van der Waals surface area contributed by atoms with Gasteiger partial charge in [-0.25, -0.2) is 0 Å². The summed E-state index contributed by atoms with van der Waals surface area (Å²) in [5, 5.41) is 8.60. The molecule has 1 N–H and O–H groups in total. The lowest BCUT2D eigenvalue weighted by Gasteiger charge is -2.09. The van der Waals surface area contributed by atoms with Crippen LogP contribution in [-0.4, -0.2) is 23.3 Å². The van der Waals surface area contributed by atoms with Crippen molar-refractivity contribution in [2.45, 2.75) is 19.2 Å². The van der Waals surface area contributed by atoms with Gasteiger partial charge in [0.2, 0.25) is 0 Å². The number of rotatable bonds is 5. The first-order valence-electron chi connectivity index (χ1n) is 4.53. The van der Waals surface area contributed by atoms with Crippen LogP contribution < -0.4 is 4.74 Å². The molecule has 1 heterocycles. The van der Waals surface area contributed by atoms with Crippen LogP contribution in [0.4, 0.5) is 0 Å². The summed E-state index contributed by atoms with van der Waals surface area (Å²) in [5.74, 6) is 1.19. The lowest BCUT2D eigenvalue weighted by atomic mass is 10.2. The van der Waals surface area contributed by atoms with E-state index < -0.39 is 0 Å². The maximum Gasteiger partial charge on any atom is 0.125 e. The Morgan fingerprint density at radius 3 is 2.87 bits per heavy atom. The van der Waals surface area contributed by atoms with Crippen LogP contribution in [0.2, 0.25) is 0 Å². The van der Waals surface area contributed by atoms with Gasteiger partial charge in [-0.3, -0.25) is 4.98 Å². The van der Waals surface area contributed by atoms with Crippen LogP contribution in [0.5, 0.6) is 5.75 Å². The average Bonchev–Trinajstić information content (AvgIpc) is 2.21. The summed E-state index contributed by atoms with van der Waals surface area (Å²) in [4.78, 5) is 4.12. The van der Waals surface area contributed by atoms with E-state index in [1.807, 2.05) is 13.0 Å². The van der Waals surface area contributed by atoms with Crippen molar-refractivity contribution in [3.63, 3.8) is 0 Å². The molecule has 0 unspecified atom stereocenters. The molecule has 86 valence electrons. The molecule has 1 aromatic heterocycles. The van der Waals surface area contributed by atoms with Crippen molar-refractivity contribution in [1.29, 1.82) is 0 Å². The second-order valence-corrected chi connectivity index (χ2v) is 3.21. The fourth-order valence-corrected chi connectivity index (χ4v) is 1.37. The molecule has 0 aliphatic carbocycles. The number of halogens is 2. The predicted octanol–water partition coefficient (Wildman–Crippen LogP) is 2.31. The molecule has 3 nitrogen and oxygen atoms in total. The van der Waals surface area contributed by atoms with Crippen LogP contribution in [0, 0.1) is 6.92 Å². The molecule has 0 aliphatic heterocycles. The number of aliphatic hydroxyl groups is 1. The van der Waals surface area contributed by atoms with E-state index in [0.29, 0.717) is 18.9 Å². The smallest absolute Gasteiger partial charge is 0.125 e. The summed E-state index contributed by atoms with van der Waals surface area (Å²) in [7, 11) is 0. The van der Waals surface area contributed by atoms with Crippen molar-refractivity contribution in [2.24, 2.45) is 0 Å². The largest absolute Gasteiger partial charge is 0.493 e. The van der Waals surface area contributed by atoms with E-state index in [9.17, 15) is 0 Å². The average molecular weight is 252 g/mol. The monoisotopic (exact) mass is 251 g/mol. The minimum Gasteiger partial charge on any atom is -0.493 e. The molecule has 1 aromatic rings. The quantitative estimate of drug-likeness (QED) is 0.646. The highest BCUT2D eigenvalue weighted by Crippen LogP contribution is 2.20. The Bertz CT molecular complexity index is 295. The SMILES string of the molecule is Cc1c(OCCCO)ccnc1CCl.Cl. The Labute approximate surface area is 101 Å². The Morgan fingerprint density at radius 1 is 1.53 bits per heavy atom. The van der Waals surface area contributed by atoms with Crippen LogP contribution in [0.3, 0.4) is 0 Å². The Balaban J connectivity index is 0.00000196. The maximum atomic E-state index is 8.60. The Hall–Kier alpha value is -0.510. The number of alkyl halides is 1. The van der Waals surface area contributed by atoms with E-state index in [0.717, 1.165) is 17.0 Å². The third-order valence-electron chi connectivity index (χ3n) is 1.95. The number of pyridine rings is 1. The van der Waals surface area contributed by atoms with Gasteiger partial charge in [0.15, 0.2) is 0 Å². The van der Waals surface area contributed by atoms with Crippen molar-refractivity contribution in [1.82, 2.24) is 4.98 Å². The number of ether oxygens (including phenoxy) is 1. The van der Waals surface area contributed by atoms with Crippen molar-refractivity contribution >= 4 is 24.0 Å². The van der Waals surface area contributed by atoms with E-state index in [4.69, 9.17) is 21.4 Å². The van der Waals surface area contributed by atoms with Crippen LogP contribution in [0.25, 0.3) is 0 Å². The second kappa shape index (κ2) is 7.74. The van der Waals surface area contributed by atoms with Gasteiger partial charge in [0.05, 0.1) is 18.2 Å². The maximum absolute atomic E-state index is 8.60. The van der Waals surface area contributed by atoms with Gasteiger partial charge in [0, 0.05) is 24.8 Å². The molecule has 0 aliphatic rings. The van der Waals surface area contributed by atoms with E-state index >= 15 is 0 Å². The lowest BCUT2D eigenvalue weighted by Crippen LogP contribution is -2.02. The molecule has 0 radical (unpaired) electrons. The minimum atomic E-state index is 0. The van der Waals surface area contributed by atoms with Gasteiger partial charge in [0.25, 0.3) is 0 Å². The highest BCUT2D eigenvalue weighted by molar-refractivity contribution is 6.17. The topological polar surface area (TPSA) is 42.4 Å². The summed E-state index contributed by atoms with van der Waals surface area (Å²) in [6.45, 7) is 2.59. The van der Waals surface area contributed by atoms with Crippen molar-refractivity contribution in [3.05, 3.63) is 23.5 Å².